The van der Waals surface area contributed by atoms with Gasteiger partial charge in [-0.1, -0.05) is 24.3 Å². The lowest BCUT2D eigenvalue weighted by Gasteiger charge is -2.06. The zero-order valence-corrected chi connectivity index (χ0v) is 13.9. The van der Waals surface area contributed by atoms with Gasteiger partial charge < -0.3 is 19.7 Å². The van der Waals surface area contributed by atoms with Crippen LogP contribution in [0.25, 0.3) is 0 Å². The summed E-state index contributed by atoms with van der Waals surface area (Å²) in [7, 11) is 0. The number of aliphatic hydroxyl groups is 2. The van der Waals surface area contributed by atoms with Crippen molar-refractivity contribution >= 4 is 17.7 Å². The normalized spacial score (nSPS) is 10.2. The fraction of sp³-hybridized carbons (Fsp3) is 0.211. The Kier molecular flexibility index (Phi) is 7.02. The Morgan fingerprint density at radius 1 is 0.654 bits per heavy atom. The second-order valence-electron chi connectivity index (χ2n) is 5.40. The summed E-state index contributed by atoms with van der Waals surface area (Å²) in [6.45, 7) is -1.31. The van der Waals surface area contributed by atoms with Crippen LogP contribution < -0.4 is 0 Å². The first kappa shape index (κ1) is 19.3. The molecule has 0 aliphatic carbocycles. The molecule has 0 unspecified atom stereocenters. The minimum atomic E-state index is -0.686. The van der Waals surface area contributed by atoms with Crippen LogP contribution in [0.1, 0.15) is 31.8 Å². The average Bonchev–Trinajstić information content (AvgIpc) is 2.70. The summed E-state index contributed by atoms with van der Waals surface area (Å²) in [4.78, 5) is 35.3. The lowest BCUT2D eigenvalue weighted by molar-refractivity contribution is -0.125. The van der Waals surface area contributed by atoms with Crippen LogP contribution in [0, 0.1) is 0 Å². The van der Waals surface area contributed by atoms with Crippen LogP contribution >= 0.6 is 0 Å². The van der Waals surface area contributed by atoms with Crippen molar-refractivity contribution in [3.63, 3.8) is 0 Å². The second kappa shape index (κ2) is 9.45. The summed E-state index contributed by atoms with van der Waals surface area (Å²) in [5.74, 6) is -1.94. The molecule has 7 nitrogen and oxygen atoms in total. The molecule has 0 aromatic heterocycles. The molecule has 2 N–H and O–H groups in total. The fourth-order valence-electron chi connectivity index (χ4n) is 1.99. The van der Waals surface area contributed by atoms with Crippen molar-refractivity contribution in [1.29, 1.82) is 0 Å². The summed E-state index contributed by atoms with van der Waals surface area (Å²) in [6.07, 6.45) is 0. The van der Waals surface area contributed by atoms with Gasteiger partial charge in [0.1, 0.15) is 0 Å². The molecule has 0 heterocycles. The Balaban J connectivity index is 1.77. The number of ketones is 1. The predicted octanol–water partition coefficient (Wildman–Crippen LogP) is 1.25. The largest absolute Gasteiger partial charge is 0.454 e. The minimum Gasteiger partial charge on any atom is -0.454 e. The minimum absolute atomic E-state index is 0.137. The summed E-state index contributed by atoms with van der Waals surface area (Å²) < 4.78 is 9.72. The third-order valence-corrected chi connectivity index (χ3v) is 3.47. The third kappa shape index (κ3) is 5.51. The highest BCUT2D eigenvalue weighted by Gasteiger charge is 2.13. The van der Waals surface area contributed by atoms with E-state index in [0.717, 1.165) is 0 Å². The number of benzene rings is 2. The molecule has 2 aromatic rings. The lowest BCUT2D eigenvalue weighted by Crippen LogP contribution is -2.20. The Hall–Kier alpha value is -3.03. The van der Waals surface area contributed by atoms with E-state index < -0.39 is 30.9 Å². The lowest BCUT2D eigenvalue weighted by atomic mass is 10.1. The van der Waals surface area contributed by atoms with Crippen LogP contribution in [-0.2, 0) is 27.5 Å². The topological polar surface area (TPSA) is 110 Å². The Morgan fingerprint density at radius 2 is 1.00 bits per heavy atom. The quantitative estimate of drug-likeness (QED) is 0.683. The first-order valence-electron chi connectivity index (χ1n) is 7.79. The van der Waals surface area contributed by atoms with E-state index in [1.807, 2.05) is 0 Å². The molecule has 0 saturated carbocycles. The highest BCUT2D eigenvalue weighted by atomic mass is 16.6. The molecule has 0 bridgehead atoms. The third-order valence-electron chi connectivity index (χ3n) is 3.47. The van der Waals surface area contributed by atoms with Gasteiger partial charge in [0.05, 0.1) is 24.3 Å². The van der Waals surface area contributed by atoms with Gasteiger partial charge in [0.15, 0.2) is 13.2 Å². The van der Waals surface area contributed by atoms with Crippen molar-refractivity contribution in [3.05, 3.63) is 70.8 Å². The number of aliphatic hydroxyl groups excluding tert-OH is 2. The summed E-state index contributed by atoms with van der Waals surface area (Å²) in [6, 6.07) is 12.2. The Bertz CT molecular complexity index is 698. The van der Waals surface area contributed by atoms with Crippen LogP contribution in [0.3, 0.4) is 0 Å². The van der Waals surface area contributed by atoms with Crippen LogP contribution in [0.4, 0.5) is 0 Å². The number of Topliss-reactive ketones (excluding diaryl/α,β-unsaturated/α-hetero) is 1. The molecular formula is C19H18O7. The molecule has 0 fully saturated rings. The predicted molar refractivity (Wildman–Crippen MR) is 90.3 cm³/mol. The molecule has 136 valence electrons. The molecule has 0 aliphatic rings. The van der Waals surface area contributed by atoms with Gasteiger partial charge in [0.2, 0.25) is 5.78 Å². The highest BCUT2D eigenvalue weighted by Crippen LogP contribution is 2.07. The van der Waals surface area contributed by atoms with Crippen LogP contribution in [-0.4, -0.2) is 41.1 Å². The average molecular weight is 358 g/mol. The number of carbonyl (C=O) groups excluding carboxylic acids is 3. The molecule has 26 heavy (non-hydrogen) atoms. The second-order valence-corrected chi connectivity index (χ2v) is 5.40. The van der Waals surface area contributed by atoms with Gasteiger partial charge in [-0.05, 0) is 35.4 Å². The standard InChI is InChI=1S/C19H18O7/c20-9-13-1-5-15(6-2-13)18(23)25-11-17(22)12-26-19(24)16-7-3-14(10-21)4-8-16/h1-8,20-21H,9-12H2. The van der Waals surface area contributed by atoms with E-state index in [0.29, 0.717) is 11.1 Å². The number of hydrogen-bond donors (Lipinski definition) is 2. The molecule has 0 saturated heterocycles. The molecular weight excluding hydrogens is 340 g/mol. The number of hydrogen-bond acceptors (Lipinski definition) is 7. The Labute approximate surface area is 149 Å². The molecule has 0 aliphatic heterocycles. The van der Waals surface area contributed by atoms with E-state index in [1.165, 1.54) is 24.3 Å². The molecule has 0 atom stereocenters. The number of carbonyl (C=O) groups is 3. The maximum absolute atomic E-state index is 11.8. The van der Waals surface area contributed by atoms with Gasteiger partial charge in [0, 0.05) is 0 Å². The smallest absolute Gasteiger partial charge is 0.338 e. The van der Waals surface area contributed by atoms with Crippen molar-refractivity contribution < 1.29 is 34.1 Å². The molecule has 0 radical (unpaired) electrons. The summed E-state index contributed by atoms with van der Waals surface area (Å²) in [5, 5.41) is 17.9. The molecule has 2 aromatic carbocycles. The van der Waals surface area contributed by atoms with E-state index >= 15 is 0 Å². The van der Waals surface area contributed by atoms with E-state index in [1.54, 1.807) is 24.3 Å². The van der Waals surface area contributed by atoms with Crippen LogP contribution in [0.2, 0.25) is 0 Å². The zero-order chi connectivity index (χ0) is 18.9. The van der Waals surface area contributed by atoms with E-state index in [-0.39, 0.29) is 24.3 Å². The van der Waals surface area contributed by atoms with Gasteiger partial charge in [0.25, 0.3) is 0 Å². The zero-order valence-electron chi connectivity index (χ0n) is 13.9. The molecule has 0 spiro atoms. The number of ether oxygens (including phenoxy) is 2. The van der Waals surface area contributed by atoms with Crippen molar-refractivity contribution in [2.45, 2.75) is 13.2 Å². The van der Waals surface area contributed by atoms with Crippen molar-refractivity contribution in [3.8, 4) is 0 Å². The molecule has 2 rings (SSSR count). The highest BCUT2D eigenvalue weighted by molar-refractivity contribution is 5.94. The van der Waals surface area contributed by atoms with E-state index in [4.69, 9.17) is 19.7 Å². The van der Waals surface area contributed by atoms with Crippen molar-refractivity contribution in [2.75, 3.05) is 13.2 Å². The van der Waals surface area contributed by atoms with Crippen molar-refractivity contribution in [1.82, 2.24) is 0 Å². The maximum atomic E-state index is 11.8. The van der Waals surface area contributed by atoms with E-state index in [2.05, 4.69) is 0 Å². The first-order chi connectivity index (χ1) is 12.5. The molecule has 0 amide bonds. The first-order valence-corrected chi connectivity index (χ1v) is 7.79. The van der Waals surface area contributed by atoms with Gasteiger partial charge in [-0.15, -0.1) is 0 Å². The number of esters is 2. The van der Waals surface area contributed by atoms with Crippen LogP contribution in [0.15, 0.2) is 48.5 Å². The van der Waals surface area contributed by atoms with E-state index in [9.17, 15) is 14.4 Å². The maximum Gasteiger partial charge on any atom is 0.338 e. The monoisotopic (exact) mass is 358 g/mol. The Morgan fingerprint density at radius 3 is 1.31 bits per heavy atom. The fourth-order valence-corrected chi connectivity index (χ4v) is 1.99. The SMILES string of the molecule is O=C(COC(=O)c1ccc(CO)cc1)COC(=O)c1ccc(CO)cc1. The number of rotatable bonds is 8. The van der Waals surface area contributed by atoms with Gasteiger partial charge in [-0.25, -0.2) is 9.59 Å². The van der Waals surface area contributed by atoms with Gasteiger partial charge >= 0.3 is 11.9 Å². The van der Waals surface area contributed by atoms with Gasteiger partial charge in [-0.2, -0.15) is 0 Å². The summed E-state index contributed by atoms with van der Waals surface area (Å²) >= 11 is 0. The van der Waals surface area contributed by atoms with Crippen molar-refractivity contribution in [2.24, 2.45) is 0 Å². The van der Waals surface area contributed by atoms with Crippen LogP contribution in [0.5, 0.6) is 0 Å². The summed E-state index contributed by atoms with van der Waals surface area (Å²) in [5.41, 5.74) is 1.79. The van der Waals surface area contributed by atoms with Gasteiger partial charge in [-0.3, -0.25) is 4.79 Å². The molecule has 7 heteroatoms.